The summed E-state index contributed by atoms with van der Waals surface area (Å²) in [7, 11) is 1.34. The Morgan fingerprint density at radius 3 is 2.90 bits per heavy atom. The first kappa shape index (κ1) is 14.8. The van der Waals surface area contributed by atoms with E-state index in [9.17, 15) is 19.7 Å². The molecule has 1 saturated heterocycles. The Bertz CT molecular complexity index is 587. The van der Waals surface area contributed by atoms with Crippen LogP contribution in [0.3, 0.4) is 0 Å². The molecule has 1 heterocycles. The average Bonchev–Trinajstić information content (AvgIpc) is 2.70. The van der Waals surface area contributed by atoms with Gasteiger partial charge in [0.25, 0.3) is 11.6 Å². The number of non-ortho nitro benzene ring substituents is 1. The van der Waals surface area contributed by atoms with Crippen molar-refractivity contribution in [3.63, 3.8) is 0 Å². The summed E-state index contributed by atoms with van der Waals surface area (Å²) < 4.78 is 5.05. The van der Waals surface area contributed by atoms with Gasteiger partial charge in [0.2, 0.25) is 5.91 Å². The number of carbonyl (C=O) groups is 2. The lowest BCUT2D eigenvalue weighted by molar-refractivity contribution is -0.384. The maximum Gasteiger partial charge on any atom is 0.273 e. The Labute approximate surface area is 120 Å². The van der Waals surface area contributed by atoms with E-state index in [2.05, 4.69) is 5.32 Å². The molecule has 0 bridgehead atoms. The van der Waals surface area contributed by atoms with Crippen LogP contribution in [-0.4, -0.2) is 48.4 Å². The zero-order valence-corrected chi connectivity index (χ0v) is 11.5. The zero-order valence-electron chi connectivity index (χ0n) is 11.5. The summed E-state index contributed by atoms with van der Waals surface area (Å²) in [5.74, 6) is -0.473. The molecule has 1 N–H and O–H groups in total. The molecule has 0 saturated carbocycles. The third-order valence-electron chi connectivity index (χ3n) is 3.17. The van der Waals surface area contributed by atoms with Crippen LogP contribution in [0.5, 0.6) is 5.75 Å². The van der Waals surface area contributed by atoms with Crippen LogP contribution < -0.4 is 10.1 Å². The lowest BCUT2D eigenvalue weighted by Gasteiger charge is -2.20. The van der Waals surface area contributed by atoms with E-state index in [-0.39, 0.29) is 35.4 Å². The van der Waals surface area contributed by atoms with Crippen LogP contribution in [0, 0.1) is 10.1 Å². The van der Waals surface area contributed by atoms with Gasteiger partial charge < -0.3 is 15.0 Å². The Balaban J connectivity index is 2.29. The summed E-state index contributed by atoms with van der Waals surface area (Å²) in [6.07, 6.45) is 0.660. The lowest BCUT2D eigenvalue weighted by Crippen LogP contribution is -2.37. The molecule has 1 fully saturated rings. The van der Waals surface area contributed by atoms with Gasteiger partial charge in [0.05, 0.1) is 30.2 Å². The van der Waals surface area contributed by atoms with Crippen molar-refractivity contribution in [3.05, 3.63) is 33.9 Å². The van der Waals surface area contributed by atoms with E-state index in [0.29, 0.717) is 19.5 Å². The molecule has 0 aromatic heterocycles. The predicted octanol–water partition coefficient (Wildman–Crippen LogP) is 0.565. The number of rotatable bonds is 3. The second-order valence-corrected chi connectivity index (χ2v) is 4.57. The van der Waals surface area contributed by atoms with Crippen molar-refractivity contribution in [2.45, 2.75) is 6.42 Å². The summed E-state index contributed by atoms with van der Waals surface area (Å²) in [6.45, 7) is 0.941. The largest absolute Gasteiger partial charge is 0.496 e. The van der Waals surface area contributed by atoms with Gasteiger partial charge in [0.15, 0.2) is 0 Å². The first-order valence-electron chi connectivity index (χ1n) is 6.41. The minimum absolute atomic E-state index is 0.0288. The highest BCUT2D eigenvalue weighted by Gasteiger charge is 2.24. The number of nitro groups is 1. The van der Waals surface area contributed by atoms with Crippen molar-refractivity contribution in [2.75, 3.05) is 26.7 Å². The van der Waals surface area contributed by atoms with Crippen LogP contribution in [0.4, 0.5) is 5.69 Å². The molecule has 0 unspecified atom stereocenters. The van der Waals surface area contributed by atoms with Crippen LogP contribution in [-0.2, 0) is 4.79 Å². The quantitative estimate of drug-likeness (QED) is 0.648. The Morgan fingerprint density at radius 2 is 2.24 bits per heavy atom. The SMILES string of the molecule is COc1cc([N+](=O)[O-])ccc1C(=O)N1CCCNC(=O)C1. The molecule has 2 amide bonds. The standard InChI is InChI=1S/C13H15N3O5/c1-21-11-7-9(16(19)20)3-4-10(11)13(18)15-6-2-5-14-12(17)8-15/h3-4,7H,2,5-6,8H2,1H3,(H,14,17). The van der Waals surface area contributed by atoms with E-state index >= 15 is 0 Å². The predicted molar refractivity (Wildman–Crippen MR) is 73.2 cm³/mol. The molecule has 1 aromatic carbocycles. The van der Waals surface area contributed by atoms with Gasteiger partial charge in [0.1, 0.15) is 5.75 Å². The van der Waals surface area contributed by atoms with Crippen LogP contribution >= 0.6 is 0 Å². The summed E-state index contributed by atoms with van der Waals surface area (Å²) in [5.41, 5.74) is 0.0507. The number of amides is 2. The van der Waals surface area contributed by atoms with Crippen molar-refractivity contribution in [1.29, 1.82) is 0 Å². The molecule has 0 spiro atoms. The minimum Gasteiger partial charge on any atom is -0.496 e. The van der Waals surface area contributed by atoms with Crippen molar-refractivity contribution < 1.29 is 19.2 Å². The fraction of sp³-hybridized carbons (Fsp3) is 0.385. The molecule has 8 heteroatoms. The van der Waals surface area contributed by atoms with E-state index in [4.69, 9.17) is 4.74 Å². The summed E-state index contributed by atoms with van der Waals surface area (Å²) in [5, 5.41) is 13.4. The van der Waals surface area contributed by atoms with E-state index in [1.54, 1.807) is 0 Å². The normalized spacial score (nSPS) is 15.1. The Morgan fingerprint density at radius 1 is 1.48 bits per heavy atom. The first-order valence-corrected chi connectivity index (χ1v) is 6.41. The molecule has 1 aliphatic rings. The monoisotopic (exact) mass is 293 g/mol. The number of nitrogens with zero attached hydrogens (tertiary/aromatic N) is 2. The lowest BCUT2D eigenvalue weighted by atomic mass is 10.1. The fourth-order valence-electron chi connectivity index (χ4n) is 2.12. The number of benzene rings is 1. The molecule has 8 nitrogen and oxygen atoms in total. The number of ether oxygens (including phenoxy) is 1. The topological polar surface area (TPSA) is 102 Å². The van der Waals surface area contributed by atoms with Gasteiger partial charge in [-0.3, -0.25) is 19.7 Å². The van der Waals surface area contributed by atoms with Crippen molar-refractivity contribution in [3.8, 4) is 5.75 Å². The number of carbonyl (C=O) groups excluding carboxylic acids is 2. The van der Waals surface area contributed by atoms with E-state index in [1.165, 1.54) is 30.2 Å². The number of nitrogens with one attached hydrogen (secondary N) is 1. The molecular weight excluding hydrogens is 278 g/mol. The molecule has 0 radical (unpaired) electrons. The number of hydrogen-bond acceptors (Lipinski definition) is 5. The minimum atomic E-state index is -0.559. The van der Waals surface area contributed by atoms with Crippen LogP contribution in [0.25, 0.3) is 0 Å². The van der Waals surface area contributed by atoms with E-state index in [0.717, 1.165) is 0 Å². The van der Waals surface area contributed by atoms with Gasteiger partial charge in [0, 0.05) is 19.2 Å². The Kier molecular flexibility index (Phi) is 4.36. The van der Waals surface area contributed by atoms with E-state index in [1.807, 2.05) is 0 Å². The maximum absolute atomic E-state index is 12.5. The molecule has 21 heavy (non-hydrogen) atoms. The number of methoxy groups -OCH3 is 1. The van der Waals surface area contributed by atoms with Gasteiger partial charge in [-0.15, -0.1) is 0 Å². The highest BCUT2D eigenvalue weighted by Crippen LogP contribution is 2.26. The summed E-state index contributed by atoms with van der Waals surface area (Å²) >= 11 is 0. The third-order valence-corrected chi connectivity index (χ3v) is 3.17. The maximum atomic E-state index is 12.5. The second-order valence-electron chi connectivity index (χ2n) is 4.57. The zero-order chi connectivity index (χ0) is 15.4. The van der Waals surface area contributed by atoms with Gasteiger partial charge in [-0.25, -0.2) is 0 Å². The van der Waals surface area contributed by atoms with Crippen LogP contribution in [0.1, 0.15) is 16.8 Å². The smallest absolute Gasteiger partial charge is 0.273 e. The highest BCUT2D eigenvalue weighted by atomic mass is 16.6. The molecular formula is C13H15N3O5. The van der Waals surface area contributed by atoms with Crippen molar-refractivity contribution >= 4 is 17.5 Å². The van der Waals surface area contributed by atoms with E-state index < -0.39 is 4.92 Å². The molecule has 1 aliphatic heterocycles. The number of nitro benzene ring substituents is 1. The van der Waals surface area contributed by atoms with Gasteiger partial charge in [-0.05, 0) is 12.5 Å². The fourth-order valence-corrected chi connectivity index (χ4v) is 2.12. The Hall–Kier alpha value is -2.64. The summed E-state index contributed by atoms with van der Waals surface area (Å²) in [6, 6.07) is 3.79. The average molecular weight is 293 g/mol. The van der Waals surface area contributed by atoms with Crippen molar-refractivity contribution in [1.82, 2.24) is 10.2 Å². The molecule has 112 valence electrons. The van der Waals surface area contributed by atoms with Crippen LogP contribution in [0.2, 0.25) is 0 Å². The number of hydrogen-bond donors (Lipinski definition) is 1. The van der Waals surface area contributed by atoms with Crippen molar-refractivity contribution in [2.24, 2.45) is 0 Å². The summed E-state index contributed by atoms with van der Waals surface area (Å²) in [4.78, 5) is 35.5. The van der Waals surface area contributed by atoms with Crippen LogP contribution in [0.15, 0.2) is 18.2 Å². The molecule has 0 atom stereocenters. The molecule has 0 aliphatic carbocycles. The third kappa shape index (κ3) is 3.28. The molecule has 1 aromatic rings. The highest BCUT2D eigenvalue weighted by molar-refractivity contribution is 5.99. The van der Waals surface area contributed by atoms with Gasteiger partial charge in [-0.2, -0.15) is 0 Å². The van der Waals surface area contributed by atoms with Gasteiger partial charge in [-0.1, -0.05) is 0 Å². The molecule has 2 rings (SSSR count). The second kappa shape index (κ2) is 6.21. The van der Waals surface area contributed by atoms with Gasteiger partial charge >= 0.3 is 0 Å². The first-order chi connectivity index (χ1) is 10.0.